The minimum atomic E-state index is -0.396. The Labute approximate surface area is 101 Å². The van der Waals surface area contributed by atoms with Crippen LogP contribution in [-0.2, 0) is 0 Å². The second-order valence-electron chi connectivity index (χ2n) is 3.80. The molecule has 0 aliphatic heterocycles. The molecule has 84 valence electrons. The molecule has 5 heteroatoms. The Morgan fingerprint density at radius 2 is 2.19 bits per heavy atom. The molecule has 0 atom stereocenters. The van der Waals surface area contributed by atoms with Gasteiger partial charge in [-0.1, -0.05) is 13.8 Å². The van der Waals surface area contributed by atoms with E-state index in [1.54, 1.807) is 12.4 Å². The van der Waals surface area contributed by atoms with Crippen molar-refractivity contribution in [3.8, 4) is 5.82 Å². The molecule has 2 rings (SSSR count). The van der Waals surface area contributed by atoms with Crippen LogP contribution in [0, 0.1) is 5.82 Å². The SMILES string of the molecule is CC(C)c1ccn(-c2ncc(Br)cc2F)n1. The molecule has 16 heavy (non-hydrogen) atoms. The lowest BCUT2D eigenvalue weighted by Crippen LogP contribution is -2.02. The minimum Gasteiger partial charge on any atom is -0.233 e. The molecular formula is C11H11BrFN3. The van der Waals surface area contributed by atoms with Crippen LogP contribution in [0.25, 0.3) is 5.82 Å². The average molecular weight is 284 g/mol. The van der Waals surface area contributed by atoms with E-state index >= 15 is 0 Å². The largest absolute Gasteiger partial charge is 0.233 e. The smallest absolute Gasteiger partial charge is 0.189 e. The van der Waals surface area contributed by atoms with E-state index in [1.807, 2.05) is 19.9 Å². The van der Waals surface area contributed by atoms with E-state index in [1.165, 1.54) is 10.7 Å². The van der Waals surface area contributed by atoms with Crippen LogP contribution in [0.15, 0.2) is 29.0 Å². The van der Waals surface area contributed by atoms with Crippen molar-refractivity contribution in [2.75, 3.05) is 0 Å². The highest BCUT2D eigenvalue weighted by atomic mass is 79.9. The van der Waals surface area contributed by atoms with Gasteiger partial charge in [0.15, 0.2) is 11.6 Å². The number of hydrogen-bond acceptors (Lipinski definition) is 2. The van der Waals surface area contributed by atoms with Gasteiger partial charge in [0.1, 0.15) is 0 Å². The van der Waals surface area contributed by atoms with Gasteiger partial charge in [0, 0.05) is 16.9 Å². The van der Waals surface area contributed by atoms with Gasteiger partial charge in [-0.05, 0) is 34.0 Å². The molecule has 0 N–H and O–H groups in total. The van der Waals surface area contributed by atoms with Gasteiger partial charge in [0.25, 0.3) is 0 Å². The van der Waals surface area contributed by atoms with E-state index in [9.17, 15) is 4.39 Å². The van der Waals surface area contributed by atoms with E-state index in [4.69, 9.17) is 0 Å². The van der Waals surface area contributed by atoms with Crippen molar-refractivity contribution >= 4 is 15.9 Å². The first-order valence-corrected chi connectivity index (χ1v) is 5.74. The number of pyridine rings is 1. The Morgan fingerprint density at radius 1 is 1.44 bits per heavy atom. The highest BCUT2D eigenvalue weighted by Gasteiger charge is 2.10. The maximum atomic E-state index is 13.6. The number of rotatable bonds is 2. The quantitative estimate of drug-likeness (QED) is 0.847. The Bertz CT molecular complexity index is 508. The predicted octanol–water partition coefficient (Wildman–Crippen LogP) is 3.29. The van der Waals surface area contributed by atoms with Crippen molar-refractivity contribution in [1.82, 2.24) is 14.8 Å². The molecule has 0 fully saturated rings. The Kier molecular flexibility index (Phi) is 3.05. The summed E-state index contributed by atoms with van der Waals surface area (Å²) in [5, 5.41) is 4.27. The zero-order valence-electron chi connectivity index (χ0n) is 8.98. The van der Waals surface area contributed by atoms with Crippen molar-refractivity contribution in [1.29, 1.82) is 0 Å². The lowest BCUT2D eigenvalue weighted by Gasteiger charge is -2.03. The molecule has 0 aliphatic rings. The lowest BCUT2D eigenvalue weighted by molar-refractivity contribution is 0.597. The fourth-order valence-electron chi connectivity index (χ4n) is 1.34. The molecule has 0 radical (unpaired) electrons. The molecule has 0 bridgehead atoms. The van der Waals surface area contributed by atoms with Gasteiger partial charge in [0.05, 0.1) is 5.69 Å². The van der Waals surface area contributed by atoms with Crippen LogP contribution in [0.2, 0.25) is 0 Å². The molecule has 0 saturated carbocycles. The molecule has 0 amide bonds. The third-order valence-electron chi connectivity index (χ3n) is 2.21. The van der Waals surface area contributed by atoms with Crippen molar-refractivity contribution in [3.63, 3.8) is 0 Å². The summed E-state index contributed by atoms with van der Waals surface area (Å²) in [5.41, 5.74) is 0.920. The number of hydrogen-bond donors (Lipinski definition) is 0. The zero-order valence-corrected chi connectivity index (χ0v) is 10.6. The van der Waals surface area contributed by atoms with Crippen LogP contribution in [0.5, 0.6) is 0 Å². The highest BCUT2D eigenvalue weighted by Crippen LogP contribution is 2.17. The molecular weight excluding hydrogens is 273 g/mol. The van der Waals surface area contributed by atoms with Crippen LogP contribution in [0.4, 0.5) is 4.39 Å². The molecule has 0 saturated heterocycles. The van der Waals surface area contributed by atoms with Crippen molar-refractivity contribution < 1.29 is 4.39 Å². The monoisotopic (exact) mass is 283 g/mol. The molecule has 0 unspecified atom stereocenters. The molecule has 3 nitrogen and oxygen atoms in total. The van der Waals surface area contributed by atoms with Gasteiger partial charge >= 0.3 is 0 Å². The fraction of sp³-hybridized carbons (Fsp3) is 0.273. The third-order valence-corrected chi connectivity index (χ3v) is 2.64. The summed E-state index contributed by atoms with van der Waals surface area (Å²) in [6.07, 6.45) is 3.27. The zero-order chi connectivity index (χ0) is 11.7. The minimum absolute atomic E-state index is 0.218. The van der Waals surface area contributed by atoms with Crippen molar-refractivity contribution in [3.05, 3.63) is 40.5 Å². The van der Waals surface area contributed by atoms with Gasteiger partial charge < -0.3 is 0 Å². The number of nitrogens with zero attached hydrogens (tertiary/aromatic N) is 3. The van der Waals surface area contributed by atoms with Crippen LogP contribution in [0.3, 0.4) is 0 Å². The Hall–Kier alpha value is -1.23. The Morgan fingerprint density at radius 3 is 2.75 bits per heavy atom. The average Bonchev–Trinajstić information content (AvgIpc) is 2.66. The molecule has 2 heterocycles. The first kappa shape index (κ1) is 11.3. The maximum absolute atomic E-state index is 13.6. The molecule has 0 spiro atoms. The molecule has 0 aliphatic carbocycles. The van der Waals surface area contributed by atoms with Crippen molar-refractivity contribution in [2.24, 2.45) is 0 Å². The van der Waals surface area contributed by atoms with Gasteiger partial charge in [0.2, 0.25) is 0 Å². The van der Waals surface area contributed by atoms with Gasteiger partial charge in [-0.2, -0.15) is 5.10 Å². The summed E-state index contributed by atoms with van der Waals surface area (Å²) in [6, 6.07) is 3.24. The van der Waals surface area contributed by atoms with E-state index in [2.05, 4.69) is 26.0 Å². The highest BCUT2D eigenvalue weighted by molar-refractivity contribution is 9.10. The van der Waals surface area contributed by atoms with Crippen LogP contribution >= 0.6 is 15.9 Å². The first-order chi connectivity index (χ1) is 7.58. The van der Waals surface area contributed by atoms with E-state index in [-0.39, 0.29) is 5.82 Å². The van der Waals surface area contributed by atoms with Gasteiger partial charge in [-0.3, -0.25) is 0 Å². The summed E-state index contributed by atoms with van der Waals surface area (Å²) in [7, 11) is 0. The van der Waals surface area contributed by atoms with Crippen LogP contribution in [0.1, 0.15) is 25.5 Å². The normalized spacial score (nSPS) is 11.1. The summed E-state index contributed by atoms with van der Waals surface area (Å²) >= 11 is 3.17. The van der Waals surface area contributed by atoms with Gasteiger partial charge in [-0.25, -0.2) is 14.1 Å². The summed E-state index contributed by atoms with van der Waals surface area (Å²) in [6.45, 7) is 4.08. The van der Waals surface area contributed by atoms with Crippen LogP contribution < -0.4 is 0 Å². The first-order valence-electron chi connectivity index (χ1n) is 4.95. The second-order valence-corrected chi connectivity index (χ2v) is 4.71. The lowest BCUT2D eigenvalue weighted by atomic mass is 10.1. The van der Waals surface area contributed by atoms with Crippen molar-refractivity contribution in [2.45, 2.75) is 19.8 Å². The molecule has 2 aromatic heterocycles. The number of halogens is 2. The number of aromatic nitrogens is 3. The summed E-state index contributed by atoms with van der Waals surface area (Å²) in [5.74, 6) is 0.141. The van der Waals surface area contributed by atoms with E-state index < -0.39 is 5.82 Å². The van der Waals surface area contributed by atoms with E-state index in [0.29, 0.717) is 10.4 Å². The second kappa shape index (κ2) is 4.33. The Balaban J connectivity index is 2.42. The standard InChI is InChI=1S/C11H11BrFN3/c1-7(2)10-3-4-16(15-10)11-9(13)5-8(12)6-14-11/h3-7H,1-2H3. The maximum Gasteiger partial charge on any atom is 0.189 e. The molecule has 2 aromatic rings. The third kappa shape index (κ3) is 2.14. The summed E-state index contributed by atoms with van der Waals surface area (Å²) in [4.78, 5) is 4.00. The predicted molar refractivity (Wildman–Crippen MR) is 63.1 cm³/mol. The fourth-order valence-corrected chi connectivity index (χ4v) is 1.64. The topological polar surface area (TPSA) is 30.7 Å². The van der Waals surface area contributed by atoms with Crippen LogP contribution in [-0.4, -0.2) is 14.8 Å². The summed E-state index contributed by atoms with van der Waals surface area (Å²) < 4.78 is 15.7. The van der Waals surface area contributed by atoms with E-state index in [0.717, 1.165) is 5.69 Å². The van der Waals surface area contributed by atoms with Gasteiger partial charge in [-0.15, -0.1) is 0 Å². The molecule has 0 aromatic carbocycles.